The summed E-state index contributed by atoms with van der Waals surface area (Å²) in [6.45, 7) is 1.80. The van der Waals surface area contributed by atoms with Gasteiger partial charge in [0, 0.05) is 17.0 Å². The highest BCUT2D eigenvalue weighted by atomic mass is 32.2. The standard InChI is InChI=1S/C20H18FNO3S2/c1-14-4-2-5-15(12-14)20(23)22-13-19(18-6-3-11-26-18)27(24,25)17-9-7-16(21)8-10-17/h2-12,19H,13H2,1H3,(H,22,23). The number of sulfone groups is 1. The van der Waals surface area contributed by atoms with E-state index in [-0.39, 0.29) is 17.3 Å². The third kappa shape index (κ3) is 4.43. The molecule has 1 aromatic heterocycles. The molecule has 0 fully saturated rings. The largest absolute Gasteiger partial charge is 0.350 e. The van der Waals surface area contributed by atoms with E-state index in [0.717, 1.165) is 17.7 Å². The maximum atomic E-state index is 13.2. The van der Waals surface area contributed by atoms with Gasteiger partial charge in [0.25, 0.3) is 5.91 Å². The lowest BCUT2D eigenvalue weighted by molar-refractivity contribution is 0.0953. The van der Waals surface area contributed by atoms with Gasteiger partial charge in [-0.1, -0.05) is 23.8 Å². The Kier molecular flexibility index (Phi) is 5.72. The molecular formula is C20H18FNO3S2. The molecule has 140 valence electrons. The summed E-state index contributed by atoms with van der Waals surface area (Å²) in [5.74, 6) is -0.844. The van der Waals surface area contributed by atoms with Crippen LogP contribution in [-0.2, 0) is 9.84 Å². The van der Waals surface area contributed by atoms with Gasteiger partial charge in [-0.2, -0.15) is 0 Å². The zero-order valence-electron chi connectivity index (χ0n) is 14.6. The number of nitrogens with one attached hydrogen (secondary N) is 1. The number of carbonyl (C=O) groups excluding carboxylic acids is 1. The highest BCUT2D eigenvalue weighted by Gasteiger charge is 2.30. The minimum absolute atomic E-state index is 0.0205. The molecule has 3 aromatic rings. The number of thiophene rings is 1. The van der Waals surface area contributed by atoms with Crippen molar-refractivity contribution >= 4 is 27.1 Å². The fraction of sp³-hybridized carbons (Fsp3) is 0.150. The van der Waals surface area contributed by atoms with E-state index in [1.54, 1.807) is 35.7 Å². The Hall–Kier alpha value is -2.51. The molecule has 1 N–H and O–H groups in total. The molecule has 3 rings (SSSR count). The van der Waals surface area contributed by atoms with Crippen LogP contribution in [-0.4, -0.2) is 20.9 Å². The number of hydrogen-bond acceptors (Lipinski definition) is 4. The Labute approximate surface area is 161 Å². The summed E-state index contributed by atoms with van der Waals surface area (Å²) < 4.78 is 39.3. The van der Waals surface area contributed by atoms with Crippen molar-refractivity contribution in [2.75, 3.05) is 6.54 Å². The summed E-state index contributed by atoms with van der Waals surface area (Å²) in [7, 11) is -3.80. The first kappa shape index (κ1) is 19.3. The zero-order chi connectivity index (χ0) is 19.4. The number of halogens is 1. The third-order valence-corrected chi connectivity index (χ3v) is 7.34. The maximum Gasteiger partial charge on any atom is 0.251 e. The monoisotopic (exact) mass is 403 g/mol. The quantitative estimate of drug-likeness (QED) is 0.629. The molecule has 0 aliphatic carbocycles. The van der Waals surface area contributed by atoms with Gasteiger partial charge in [0.2, 0.25) is 0 Å². The second kappa shape index (κ2) is 8.02. The Morgan fingerprint density at radius 2 is 1.85 bits per heavy atom. The van der Waals surface area contributed by atoms with Gasteiger partial charge >= 0.3 is 0 Å². The van der Waals surface area contributed by atoms with Crippen LogP contribution in [0.25, 0.3) is 0 Å². The van der Waals surface area contributed by atoms with Crippen molar-refractivity contribution in [3.63, 3.8) is 0 Å². The van der Waals surface area contributed by atoms with E-state index in [4.69, 9.17) is 0 Å². The highest BCUT2D eigenvalue weighted by Crippen LogP contribution is 2.31. The average molecular weight is 404 g/mol. The molecule has 4 nitrogen and oxygen atoms in total. The van der Waals surface area contributed by atoms with Crippen LogP contribution in [0.4, 0.5) is 4.39 Å². The Balaban J connectivity index is 1.86. The topological polar surface area (TPSA) is 63.2 Å². The first-order chi connectivity index (χ1) is 12.9. The minimum Gasteiger partial charge on any atom is -0.350 e. The van der Waals surface area contributed by atoms with Gasteiger partial charge in [-0.15, -0.1) is 11.3 Å². The summed E-state index contributed by atoms with van der Waals surface area (Å²) in [6, 6.07) is 15.3. The van der Waals surface area contributed by atoms with Crippen molar-refractivity contribution in [2.24, 2.45) is 0 Å². The summed E-state index contributed by atoms with van der Waals surface area (Å²) in [5.41, 5.74) is 1.41. The lowest BCUT2D eigenvalue weighted by atomic mass is 10.1. The first-order valence-corrected chi connectivity index (χ1v) is 10.7. The van der Waals surface area contributed by atoms with Crippen LogP contribution in [0.15, 0.2) is 70.9 Å². The van der Waals surface area contributed by atoms with E-state index in [1.165, 1.54) is 23.5 Å². The Morgan fingerprint density at radius 1 is 1.11 bits per heavy atom. The molecule has 0 radical (unpaired) electrons. The van der Waals surface area contributed by atoms with Crippen molar-refractivity contribution in [1.29, 1.82) is 0 Å². The average Bonchev–Trinajstić information content (AvgIpc) is 3.16. The molecular weight excluding hydrogens is 385 g/mol. The van der Waals surface area contributed by atoms with Gasteiger partial charge < -0.3 is 5.32 Å². The predicted molar refractivity (Wildman–Crippen MR) is 104 cm³/mol. The Morgan fingerprint density at radius 3 is 2.48 bits per heavy atom. The lowest BCUT2D eigenvalue weighted by Gasteiger charge is -2.17. The van der Waals surface area contributed by atoms with Gasteiger partial charge in [-0.25, -0.2) is 12.8 Å². The van der Waals surface area contributed by atoms with Crippen LogP contribution in [0, 0.1) is 12.7 Å². The zero-order valence-corrected chi connectivity index (χ0v) is 16.2. The molecule has 1 amide bonds. The number of aryl methyl sites for hydroxylation is 1. The highest BCUT2D eigenvalue weighted by molar-refractivity contribution is 7.91. The molecule has 0 aliphatic heterocycles. The van der Waals surface area contributed by atoms with Crippen LogP contribution < -0.4 is 5.32 Å². The van der Waals surface area contributed by atoms with Crippen LogP contribution in [0.1, 0.15) is 26.0 Å². The van der Waals surface area contributed by atoms with E-state index < -0.39 is 20.9 Å². The summed E-state index contributed by atoms with van der Waals surface area (Å²) in [5, 5.41) is 3.55. The second-order valence-corrected chi connectivity index (χ2v) is 9.19. The van der Waals surface area contributed by atoms with Gasteiger partial charge in [-0.3, -0.25) is 4.79 Å². The smallest absolute Gasteiger partial charge is 0.251 e. The molecule has 0 saturated carbocycles. The molecule has 2 aromatic carbocycles. The van der Waals surface area contributed by atoms with Crippen LogP contribution >= 0.6 is 11.3 Å². The van der Waals surface area contributed by atoms with Crippen molar-refractivity contribution < 1.29 is 17.6 Å². The van der Waals surface area contributed by atoms with Crippen LogP contribution in [0.5, 0.6) is 0 Å². The summed E-state index contributed by atoms with van der Waals surface area (Å²) in [6.07, 6.45) is 0. The molecule has 1 atom stereocenters. The van der Waals surface area contributed by atoms with Gasteiger partial charge in [0.05, 0.1) is 4.90 Å². The van der Waals surface area contributed by atoms with Crippen LogP contribution in [0.2, 0.25) is 0 Å². The third-order valence-electron chi connectivity index (χ3n) is 4.11. The van der Waals surface area contributed by atoms with E-state index in [9.17, 15) is 17.6 Å². The van der Waals surface area contributed by atoms with Crippen molar-refractivity contribution in [3.05, 3.63) is 87.9 Å². The Bertz CT molecular complexity index is 1030. The van der Waals surface area contributed by atoms with Crippen molar-refractivity contribution in [1.82, 2.24) is 5.32 Å². The van der Waals surface area contributed by atoms with E-state index >= 15 is 0 Å². The molecule has 27 heavy (non-hydrogen) atoms. The molecule has 0 spiro atoms. The number of rotatable bonds is 6. The molecule has 7 heteroatoms. The second-order valence-electron chi connectivity index (χ2n) is 6.08. The molecule has 1 unspecified atom stereocenters. The molecule has 1 heterocycles. The van der Waals surface area contributed by atoms with Crippen LogP contribution in [0.3, 0.4) is 0 Å². The summed E-state index contributed by atoms with van der Waals surface area (Å²) >= 11 is 1.30. The SMILES string of the molecule is Cc1cccc(C(=O)NCC(c2cccs2)S(=O)(=O)c2ccc(F)cc2)c1. The van der Waals surface area contributed by atoms with E-state index in [0.29, 0.717) is 10.4 Å². The normalized spacial score (nSPS) is 12.5. The number of carbonyl (C=O) groups is 1. The van der Waals surface area contributed by atoms with Gasteiger partial charge in [0.1, 0.15) is 11.1 Å². The predicted octanol–water partition coefficient (Wildman–Crippen LogP) is 4.14. The minimum atomic E-state index is -3.80. The first-order valence-electron chi connectivity index (χ1n) is 8.25. The number of benzene rings is 2. The van der Waals surface area contributed by atoms with E-state index in [2.05, 4.69) is 5.32 Å². The molecule has 0 bridgehead atoms. The maximum absolute atomic E-state index is 13.2. The van der Waals surface area contributed by atoms with Gasteiger partial charge in [0.15, 0.2) is 9.84 Å². The van der Waals surface area contributed by atoms with Crippen molar-refractivity contribution in [2.45, 2.75) is 17.1 Å². The summed E-state index contributed by atoms with van der Waals surface area (Å²) in [4.78, 5) is 13.1. The number of amides is 1. The lowest BCUT2D eigenvalue weighted by Crippen LogP contribution is -2.31. The number of hydrogen-bond donors (Lipinski definition) is 1. The van der Waals surface area contributed by atoms with Crippen molar-refractivity contribution in [3.8, 4) is 0 Å². The fourth-order valence-corrected chi connectivity index (χ4v) is 5.48. The molecule has 0 aliphatic rings. The van der Waals surface area contributed by atoms with E-state index in [1.807, 2.05) is 13.0 Å². The van der Waals surface area contributed by atoms with Gasteiger partial charge in [-0.05, 0) is 54.8 Å². The molecule has 0 saturated heterocycles. The fourth-order valence-electron chi connectivity index (χ4n) is 2.70.